The van der Waals surface area contributed by atoms with E-state index < -0.39 is 20.8 Å². The van der Waals surface area contributed by atoms with E-state index >= 15 is 0 Å². The smallest absolute Gasteiger partial charge is 0.724 e. The molecule has 0 aromatic heterocycles. The van der Waals surface area contributed by atoms with E-state index in [2.05, 4.69) is 8.67 Å². The second kappa shape index (κ2) is 8.05. The van der Waals surface area contributed by atoms with Crippen LogP contribution >= 0.6 is 0 Å². The van der Waals surface area contributed by atoms with Crippen molar-refractivity contribution >= 4 is 20.8 Å². The van der Waals surface area contributed by atoms with Crippen molar-refractivity contribution in [3.8, 4) is 0 Å². The summed E-state index contributed by atoms with van der Waals surface area (Å²) in [6, 6.07) is 0. The van der Waals surface area contributed by atoms with Crippen molar-refractivity contribution in [2.75, 3.05) is 0 Å². The van der Waals surface area contributed by atoms with E-state index in [-0.39, 0.29) is 39.4 Å². The van der Waals surface area contributed by atoms with E-state index in [0.29, 0.717) is 0 Å². The molecule has 9 nitrogen and oxygen atoms in total. The van der Waals surface area contributed by atoms with Crippen LogP contribution < -0.4 is 6.15 Å². The van der Waals surface area contributed by atoms with Gasteiger partial charge in [0.05, 0.1) is 0 Å². The molecular weight excluding hydrogens is 324 g/mol. The summed E-state index contributed by atoms with van der Waals surface area (Å²) in [5.41, 5.74) is 0. The van der Waals surface area contributed by atoms with Crippen LogP contribution in [0.4, 0.5) is 0 Å². The topological polar surface area (TPSA) is 169 Å². The Hall–Kier alpha value is 0.700. The number of hydrogen-bond acceptors (Lipinski definition) is 8. The molecule has 0 bridgehead atoms. The van der Waals surface area contributed by atoms with E-state index in [4.69, 9.17) is 0 Å². The molecule has 0 aliphatic rings. The molecule has 0 aromatic rings. The van der Waals surface area contributed by atoms with Gasteiger partial charge in [0.2, 0.25) is 20.8 Å². The van der Waals surface area contributed by atoms with E-state index in [1.54, 1.807) is 0 Å². The molecule has 85 valence electrons. The van der Waals surface area contributed by atoms with Gasteiger partial charge in [0.25, 0.3) is 0 Å². The summed E-state index contributed by atoms with van der Waals surface area (Å²) in [6.45, 7) is 0. The fourth-order valence-electron chi connectivity index (χ4n) is 0.0680. The monoisotopic (exact) mass is 327 g/mol. The van der Waals surface area contributed by atoms with Crippen LogP contribution in [0.15, 0.2) is 0 Å². The molecule has 0 spiro atoms. The molecule has 1 radical (unpaired) electrons. The Kier molecular flexibility index (Phi) is 14.5. The third kappa shape index (κ3) is 24.5. The quantitative estimate of drug-likeness (QED) is 0.208. The Morgan fingerprint density at radius 2 is 1.00 bits per heavy atom. The van der Waals surface area contributed by atoms with Gasteiger partial charge in [0, 0.05) is 0 Å². The Labute approximate surface area is 94.7 Å². The molecular formula is H4CoNNiO8S2+3. The molecule has 0 atom stereocenters. The maximum atomic E-state index is 9.37. The molecule has 0 aromatic carbocycles. The summed E-state index contributed by atoms with van der Waals surface area (Å²) >= 11 is 0. The predicted molar refractivity (Wildman–Crippen MR) is 27.5 cm³/mol. The zero-order valence-corrected chi connectivity index (χ0v) is 9.39. The first-order valence-electron chi connectivity index (χ1n) is 1.50. The largest absolute Gasteiger partial charge is 2.00 e. The molecule has 0 aliphatic carbocycles. The van der Waals surface area contributed by atoms with Crippen LogP contribution in [0.1, 0.15) is 0 Å². The van der Waals surface area contributed by atoms with Gasteiger partial charge in [-0.15, -0.1) is 8.67 Å². The van der Waals surface area contributed by atoms with Crippen molar-refractivity contribution in [1.82, 2.24) is 6.15 Å². The van der Waals surface area contributed by atoms with Crippen molar-refractivity contribution in [2.45, 2.75) is 0 Å². The molecule has 0 fully saturated rings. The fraction of sp³-hybridized carbons (Fsp3) is 0. The van der Waals surface area contributed by atoms with Crippen molar-refractivity contribution in [3.63, 3.8) is 0 Å². The maximum Gasteiger partial charge on any atom is 2.00 e. The Morgan fingerprint density at radius 3 is 1.08 bits per heavy atom. The summed E-state index contributed by atoms with van der Waals surface area (Å²) in [5.74, 6) is 0. The van der Waals surface area contributed by atoms with Gasteiger partial charge < -0.3 is 15.3 Å². The van der Waals surface area contributed by atoms with Crippen LogP contribution in [0.3, 0.4) is 0 Å². The SMILES string of the molecule is O=S(=O)([O-])OOS(=O)(=O)[O-].[Co+2].[NH4+].[Ni+2]. The first-order valence-corrected chi connectivity index (χ1v) is 4.17. The van der Waals surface area contributed by atoms with Crippen LogP contribution in [0.5, 0.6) is 0 Å². The predicted octanol–water partition coefficient (Wildman–Crippen LogP) is -1.77. The zero-order chi connectivity index (χ0) is 8.41. The first-order chi connectivity index (χ1) is 4.21. The van der Waals surface area contributed by atoms with Gasteiger partial charge in [0.15, 0.2) is 0 Å². The molecule has 0 saturated carbocycles. The average Bonchev–Trinajstić information content (AvgIpc) is 1.57. The third-order valence-electron chi connectivity index (χ3n) is 0.194. The number of quaternary nitrogens is 1. The minimum atomic E-state index is -5.31. The van der Waals surface area contributed by atoms with Crippen LogP contribution in [-0.4, -0.2) is 25.9 Å². The fourth-order valence-corrected chi connectivity index (χ4v) is 0.612. The van der Waals surface area contributed by atoms with Gasteiger partial charge in [-0.1, -0.05) is 0 Å². The van der Waals surface area contributed by atoms with E-state index in [1.165, 1.54) is 0 Å². The van der Waals surface area contributed by atoms with Gasteiger partial charge in [-0.05, 0) is 0 Å². The summed E-state index contributed by atoms with van der Waals surface area (Å²) in [6.07, 6.45) is 0. The standard InChI is InChI=1S/Co.H3N.Ni.H2O8S2/c;;;1-9(2,3)7-8-10(4,5)6/h;1H3;;(H,1,2,3)(H,4,5,6)/q+2;;+2;/p-1. The third-order valence-corrected chi connectivity index (χ3v) is 0.750. The van der Waals surface area contributed by atoms with Crippen LogP contribution in [0.2, 0.25) is 0 Å². The van der Waals surface area contributed by atoms with Crippen molar-refractivity contribution in [3.05, 3.63) is 0 Å². The first kappa shape index (κ1) is 23.5. The average molecular weight is 328 g/mol. The maximum absolute atomic E-state index is 9.37. The summed E-state index contributed by atoms with van der Waals surface area (Å²) in [7, 11) is -10.6. The van der Waals surface area contributed by atoms with Crippen molar-refractivity contribution in [2.24, 2.45) is 0 Å². The molecule has 13 heteroatoms. The van der Waals surface area contributed by atoms with Gasteiger partial charge in [-0.2, -0.15) is 0 Å². The van der Waals surface area contributed by atoms with Crippen LogP contribution in [0, 0.1) is 0 Å². The van der Waals surface area contributed by atoms with E-state index in [0.717, 1.165) is 0 Å². The summed E-state index contributed by atoms with van der Waals surface area (Å²) < 4.78 is 61.5. The molecule has 0 rings (SSSR count). The zero-order valence-electron chi connectivity index (χ0n) is 5.73. The second-order valence-corrected chi connectivity index (χ2v) is 2.86. The molecule has 13 heavy (non-hydrogen) atoms. The Balaban J connectivity index is -0.000000135. The molecule has 0 unspecified atom stereocenters. The van der Waals surface area contributed by atoms with Crippen LogP contribution in [-0.2, 0) is 62.7 Å². The summed E-state index contributed by atoms with van der Waals surface area (Å²) in [5, 5.41) is 0. The van der Waals surface area contributed by atoms with Gasteiger partial charge >= 0.3 is 33.3 Å². The summed E-state index contributed by atoms with van der Waals surface area (Å²) in [4.78, 5) is 0. The Morgan fingerprint density at radius 1 is 0.846 bits per heavy atom. The number of rotatable bonds is 3. The molecule has 0 aliphatic heterocycles. The van der Waals surface area contributed by atoms with Crippen LogP contribution in [0.25, 0.3) is 0 Å². The normalized spacial score (nSPS) is 10.3. The van der Waals surface area contributed by atoms with Crippen molar-refractivity contribution < 1.29 is 67.9 Å². The second-order valence-electron chi connectivity index (χ2n) is 0.953. The van der Waals surface area contributed by atoms with E-state index in [9.17, 15) is 25.9 Å². The molecule has 0 amide bonds. The molecule has 4 N–H and O–H groups in total. The van der Waals surface area contributed by atoms with Gasteiger partial charge in [-0.3, -0.25) is 0 Å². The number of hydrogen-bond donors (Lipinski definition) is 1. The molecule has 0 saturated heterocycles. The minimum absolute atomic E-state index is 0. The van der Waals surface area contributed by atoms with Gasteiger partial charge in [0.1, 0.15) is 0 Å². The molecule has 0 heterocycles. The van der Waals surface area contributed by atoms with Crippen molar-refractivity contribution in [1.29, 1.82) is 0 Å². The van der Waals surface area contributed by atoms with Gasteiger partial charge in [-0.25, -0.2) is 16.8 Å². The minimum Gasteiger partial charge on any atom is -0.724 e. The van der Waals surface area contributed by atoms with E-state index in [1.807, 2.05) is 0 Å². The Bertz CT molecular complexity index is 258.